The van der Waals surface area contributed by atoms with Gasteiger partial charge in [-0.3, -0.25) is 9.59 Å². The Kier molecular flexibility index (Phi) is 4.81. The van der Waals surface area contributed by atoms with Crippen LogP contribution in [0.3, 0.4) is 0 Å². The molecule has 0 aromatic heterocycles. The van der Waals surface area contributed by atoms with E-state index in [0.717, 1.165) is 0 Å². The first-order valence-corrected chi connectivity index (χ1v) is 12.1. The summed E-state index contributed by atoms with van der Waals surface area (Å²) >= 11 is 0. The van der Waals surface area contributed by atoms with Gasteiger partial charge >= 0.3 is 0 Å². The van der Waals surface area contributed by atoms with Crippen molar-refractivity contribution in [3.05, 3.63) is 71.3 Å². The summed E-state index contributed by atoms with van der Waals surface area (Å²) in [4.78, 5) is 28.7. The number of aliphatic hydroxyl groups excluding tert-OH is 2. The third-order valence-corrected chi connectivity index (χ3v) is 9.41. The maximum Gasteiger partial charge on any atom is 0.210 e. The van der Waals surface area contributed by atoms with Crippen molar-refractivity contribution in [1.29, 1.82) is 0 Å². The molecule has 5 aliphatic rings. The van der Waals surface area contributed by atoms with E-state index in [1.165, 1.54) is 39.8 Å². The van der Waals surface area contributed by atoms with Crippen molar-refractivity contribution in [2.24, 2.45) is 22.7 Å². The molecule has 2 heterocycles. The third-order valence-electron chi connectivity index (χ3n) is 9.41. The second-order valence-corrected chi connectivity index (χ2v) is 11.0. The summed E-state index contributed by atoms with van der Waals surface area (Å²) in [6.07, 6.45) is 12.6. The number of Topliss-reactive ketones (excluding diaryl/α,β-unsaturated/α-hetero) is 2. The van der Waals surface area contributed by atoms with Gasteiger partial charge in [0.05, 0.1) is 10.8 Å². The van der Waals surface area contributed by atoms with E-state index >= 15 is 0 Å². The lowest BCUT2D eigenvalue weighted by Gasteiger charge is -2.58. The van der Waals surface area contributed by atoms with Crippen LogP contribution in [0.2, 0.25) is 0 Å². The highest BCUT2D eigenvalue weighted by molar-refractivity contribution is 6.13. The molecule has 0 aromatic rings. The van der Waals surface area contributed by atoms with Crippen molar-refractivity contribution in [2.45, 2.75) is 64.3 Å². The molecule has 2 aliphatic heterocycles. The van der Waals surface area contributed by atoms with Crippen molar-refractivity contribution < 1.29 is 39.5 Å². The number of ketones is 2. The quantitative estimate of drug-likeness (QED) is 0.265. The van der Waals surface area contributed by atoms with E-state index in [-0.39, 0.29) is 22.7 Å². The Balaban J connectivity index is 1.93. The molecule has 8 heteroatoms. The number of carbonyl (C=O) groups excluding carboxylic acids is 2. The summed E-state index contributed by atoms with van der Waals surface area (Å²) < 4.78 is 12.5. The number of carbonyl (C=O) groups is 2. The molecular formula is C28H32O8. The van der Waals surface area contributed by atoms with Gasteiger partial charge in [-0.15, -0.1) is 0 Å². The fraction of sp³-hybridized carbons (Fsp3) is 0.500. The zero-order chi connectivity index (χ0) is 26.7. The van der Waals surface area contributed by atoms with Crippen LogP contribution in [0.4, 0.5) is 0 Å². The van der Waals surface area contributed by atoms with Crippen LogP contribution >= 0.6 is 0 Å². The van der Waals surface area contributed by atoms with Gasteiger partial charge in [-0.25, -0.2) is 0 Å². The summed E-state index contributed by atoms with van der Waals surface area (Å²) in [5, 5.41) is 46.6. The predicted molar refractivity (Wildman–Crippen MR) is 129 cm³/mol. The van der Waals surface area contributed by atoms with Gasteiger partial charge in [0, 0.05) is 23.0 Å². The Morgan fingerprint density at radius 2 is 1.03 bits per heavy atom. The van der Waals surface area contributed by atoms with Gasteiger partial charge in [0.15, 0.2) is 11.6 Å². The van der Waals surface area contributed by atoms with Crippen LogP contribution in [0.1, 0.15) is 41.5 Å². The fourth-order valence-electron chi connectivity index (χ4n) is 7.94. The van der Waals surface area contributed by atoms with E-state index in [1.54, 1.807) is 50.3 Å². The van der Waals surface area contributed by atoms with E-state index in [9.17, 15) is 30.0 Å². The van der Waals surface area contributed by atoms with Crippen molar-refractivity contribution in [2.75, 3.05) is 0 Å². The summed E-state index contributed by atoms with van der Waals surface area (Å²) in [6.45, 7) is 9.48. The number of hydrogen-bond acceptors (Lipinski definition) is 8. The van der Waals surface area contributed by atoms with Crippen LogP contribution in [-0.4, -0.2) is 54.8 Å². The predicted octanol–water partition coefficient (Wildman–Crippen LogP) is 3.25. The van der Waals surface area contributed by atoms with Crippen molar-refractivity contribution in [3.8, 4) is 0 Å². The van der Waals surface area contributed by atoms with Crippen LogP contribution in [0.5, 0.6) is 0 Å². The second-order valence-electron chi connectivity index (χ2n) is 11.0. The Morgan fingerprint density at radius 1 is 0.694 bits per heavy atom. The van der Waals surface area contributed by atoms with E-state index in [0.29, 0.717) is 0 Å². The lowest BCUT2D eigenvalue weighted by molar-refractivity contribution is -0.450. The van der Waals surface area contributed by atoms with Crippen LogP contribution in [-0.2, 0) is 19.1 Å². The Morgan fingerprint density at radius 3 is 1.33 bits per heavy atom. The molecule has 8 nitrogen and oxygen atoms in total. The zero-order valence-electron chi connectivity index (χ0n) is 21.2. The topological polar surface area (TPSA) is 134 Å². The van der Waals surface area contributed by atoms with Crippen molar-refractivity contribution in [1.82, 2.24) is 0 Å². The molecule has 2 saturated heterocycles. The minimum absolute atomic E-state index is 0.113. The van der Waals surface area contributed by atoms with Gasteiger partial charge in [-0.1, -0.05) is 36.5 Å². The lowest BCUT2D eigenvalue weighted by atomic mass is 9.39. The van der Waals surface area contributed by atoms with Gasteiger partial charge in [0.2, 0.25) is 11.6 Å². The first kappa shape index (κ1) is 24.9. The summed E-state index contributed by atoms with van der Waals surface area (Å²) in [6, 6.07) is 0. The molecule has 3 saturated carbocycles. The van der Waals surface area contributed by atoms with Crippen molar-refractivity contribution >= 4 is 11.6 Å². The molecule has 3 aliphatic carbocycles. The molecule has 8 unspecified atom stereocenters. The van der Waals surface area contributed by atoms with Gasteiger partial charge in [-0.05, 0) is 53.7 Å². The second kappa shape index (κ2) is 6.95. The number of aliphatic hydroxyl groups is 4. The first-order valence-electron chi connectivity index (χ1n) is 12.1. The van der Waals surface area contributed by atoms with Gasteiger partial charge < -0.3 is 29.9 Å². The summed E-state index contributed by atoms with van der Waals surface area (Å²) in [5.74, 6) is -9.12. The number of rotatable bonds is 4. The molecule has 8 atom stereocenters. The molecule has 192 valence electrons. The summed E-state index contributed by atoms with van der Waals surface area (Å²) in [7, 11) is 0. The fourth-order valence-corrected chi connectivity index (χ4v) is 7.94. The number of ether oxygens (including phenoxy) is 2. The molecule has 0 amide bonds. The number of allylic oxidation sites excluding steroid dienone is 8. The highest BCUT2D eigenvalue weighted by Gasteiger charge is 2.99. The van der Waals surface area contributed by atoms with Crippen LogP contribution in [0, 0.1) is 22.7 Å². The molecular weight excluding hydrogens is 464 g/mol. The molecule has 8 bridgehead atoms. The standard InChI is InChI=1S/C28H32O8/c1-7-9-11-13-15(29)17-19-23(3)22(32)18(16(30)14-12-10-8-2)20-24(4,21(17)31)28(34)25(19,5)35-27(23,33)26(20,6)36-28/h7-14,19-20,29-30,33-34H,1-6H3/b9-7+,10-8+,13-11+,14-12+,17-15?,18-16?. The van der Waals surface area contributed by atoms with Crippen LogP contribution in [0.25, 0.3) is 0 Å². The lowest BCUT2D eigenvalue weighted by Crippen LogP contribution is -2.74. The number of hydrogen-bond donors (Lipinski definition) is 4. The smallest absolute Gasteiger partial charge is 0.210 e. The largest absolute Gasteiger partial charge is 0.508 e. The maximum atomic E-state index is 14.3. The summed E-state index contributed by atoms with van der Waals surface area (Å²) in [5.41, 5.74) is -7.52. The van der Waals surface area contributed by atoms with Crippen molar-refractivity contribution in [3.63, 3.8) is 0 Å². The minimum Gasteiger partial charge on any atom is -0.508 e. The average Bonchev–Trinajstić information content (AvgIpc) is 3.12. The van der Waals surface area contributed by atoms with Gasteiger partial charge in [-0.2, -0.15) is 0 Å². The first-order chi connectivity index (χ1) is 16.7. The monoisotopic (exact) mass is 496 g/mol. The maximum absolute atomic E-state index is 14.3. The van der Waals surface area contributed by atoms with E-state index < -0.39 is 57.0 Å². The normalized spacial score (nSPS) is 51.8. The van der Waals surface area contributed by atoms with E-state index in [1.807, 2.05) is 0 Å². The van der Waals surface area contributed by atoms with Crippen LogP contribution < -0.4 is 0 Å². The van der Waals surface area contributed by atoms with E-state index in [2.05, 4.69) is 0 Å². The highest BCUT2D eigenvalue weighted by atomic mass is 16.8. The van der Waals surface area contributed by atoms with E-state index in [4.69, 9.17) is 9.47 Å². The third kappa shape index (κ3) is 2.15. The SMILES string of the molecule is C/C=C/C=C/C(O)=C1C(=O)C2(C)C3C(=C(O)/C=C/C=C/C)C(=O)C4(C)C1C1(C)OC4(O)C3(C)OC12O. The van der Waals surface area contributed by atoms with Gasteiger partial charge in [0.25, 0.3) is 0 Å². The Labute approximate surface area is 209 Å². The molecule has 4 N–H and O–H groups in total. The zero-order valence-corrected chi connectivity index (χ0v) is 21.2. The molecule has 0 aromatic carbocycles. The molecule has 5 fully saturated rings. The van der Waals surface area contributed by atoms with Crippen LogP contribution in [0.15, 0.2) is 71.3 Å². The average molecular weight is 497 g/mol. The Hall–Kier alpha value is -2.78. The molecule has 36 heavy (non-hydrogen) atoms. The molecule has 0 radical (unpaired) electrons. The van der Waals surface area contributed by atoms with Gasteiger partial charge in [0.1, 0.15) is 22.7 Å². The Bertz CT molecular complexity index is 1190. The molecule has 0 spiro atoms. The minimum atomic E-state index is -2.26. The molecule has 5 rings (SSSR count). The highest BCUT2D eigenvalue weighted by Crippen LogP contribution is 2.83.